The van der Waals surface area contributed by atoms with Crippen LogP contribution < -0.4 is 0 Å². The quantitative estimate of drug-likeness (QED) is 0.284. The van der Waals surface area contributed by atoms with E-state index in [-0.39, 0.29) is 0 Å². The average molecular weight is 619 g/mol. The molecule has 0 spiro atoms. The number of hydrogen-bond donors (Lipinski definition) is 0. The van der Waals surface area contributed by atoms with Crippen LogP contribution in [-0.2, 0) is 0 Å². The molecule has 0 aromatic rings. The maximum absolute atomic E-state index is 3.46. The smallest absolute Gasteiger partial charge is 0.156 e. The highest BCUT2D eigenvalue weighted by molar-refractivity contribution is 6.65. The van der Waals surface area contributed by atoms with Crippen molar-refractivity contribution in [2.24, 2.45) is 0 Å². The molecule has 5 aliphatic carbocycles. The minimum Gasteiger partial charge on any atom is -0.295 e. The van der Waals surface area contributed by atoms with Crippen LogP contribution in [0.2, 0.25) is 17.5 Å². The molecule has 6 atom stereocenters. The SMILES string of the molecule is C1CCCC(N2C3CCCCCCCC3B3C4CCCCCCCC4N(C4CCCCCCC4)C4CCCCCC2C34)CCC1. The second-order valence-corrected chi connectivity index (χ2v) is 18.0. The lowest BCUT2D eigenvalue weighted by Crippen LogP contribution is -2.72. The summed E-state index contributed by atoms with van der Waals surface area (Å²) in [5.41, 5.74) is 0. The Balaban J connectivity index is 1.33. The van der Waals surface area contributed by atoms with Crippen molar-refractivity contribution >= 4 is 6.71 Å². The molecule has 0 aromatic carbocycles. The molecule has 7 aliphatic rings. The van der Waals surface area contributed by atoms with Gasteiger partial charge in [-0.2, -0.15) is 0 Å². The molecule has 0 amide bonds. The van der Waals surface area contributed by atoms with E-state index in [1.54, 1.807) is 51.4 Å². The van der Waals surface area contributed by atoms with Crippen molar-refractivity contribution in [1.29, 1.82) is 0 Å². The van der Waals surface area contributed by atoms with Gasteiger partial charge in [-0.1, -0.05) is 161 Å². The number of hydrogen-bond acceptors (Lipinski definition) is 2. The lowest BCUT2D eigenvalue weighted by Gasteiger charge is -2.66. The summed E-state index contributed by atoms with van der Waals surface area (Å²) in [5, 5.41) is 0. The molecular formula is C42H75BN2. The third-order valence-electron chi connectivity index (χ3n) is 15.4. The highest BCUT2D eigenvalue weighted by Gasteiger charge is 2.61. The van der Waals surface area contributed by atoms with E-state index in [2.05, 4.69) is 9.80 Å². The summed E-state index contributed by atoms with van der Waals surface area (Å²) in [6, 6.07) is 5.43. The predicted octanol–water partition coefficient (Wildman–Crippen LogP) is 12.4. The Morgan fingerprint density at radius 3 is 0.911 bits per heavy atom. The average Bonchev–Trinajstić information content (AvgIpc) is 3.20. The van der Waals surface area contributed by atoms with Crippen LogP contribution in [0.1, 0.15) is 212 Å². The minimum atomic E-state index is 0.899. The molecule has 0 radical (unpaired) electrons. The Morgan fingerprint density at radius 2 is 0.533 bits per heavy atom. The van der Waals surface area contributed by atoms with Crippen molar-refractivity contribution in [3.63, 3.8) is 0 Å². The molecule has 5 saturated carbocycles. The molecule has 7 rings (SSSR count). The van der Waals surface area contributed by atoms with E-state index in [1.165, 1.54) is 161 Å². The van der Waals surface area contributed by atoms with E-state index < -0.39 is 0 Å². The zero-order valence-corrected chi connectivity index (χ0v) is 30.0. The largest absolute Gasteiger partial charge is 0.295 e. The topological polar surface area (TPSA) is 6.48 Å². The predicted molar refractivity (Wildman–Crippen MR) is 196 cm³/mol. The van der Waals surface area contributed by atoms with Crippen molar-refractivity contribution < 1.29 is 0 Å². The first-order valence-electron chi connectivity index (χ1n) is 22.0. The van der Waals surface area contributed by atoms with Crippen LogP contribution in [0.5, 0.6) is 0 Å². The van der Waals surface area contributed by atoms with Gasteiger partial charge in [-0.15, -0.1) is 0 Å². The summed E-state index contributed by atoms with van der Waals surface area (Å²) in [4.78, 5) is 6.93. The van der Waals surface area contributed by atoms with Gasteiger partial charge in [0.2, 0.25) is 0 Å². The number of fused-ring (bicyclic) bond motifs is 4. The first kappa shape index (κ1) is 33.5. The Labute approximate surface area is 281 Å². The zero-order chi connectivity index (χ0) is 30.3. The molecule has 256 valence electrons. The second kappa shape index (κ2) is 17.1. The van der Waals surface area contributed by atoms with Gasteiger partial charge in [0.15, 0.2) is 6.71 Å². The van der Waals surface area contributed by atoms with E-state index in [0.717, 1.165) is 60.4 Å². The van der Waals surface area contributed by atoms with Gasteiger partial charge in [0.05, 0.1) is 0 Å². The van der Waals surface area contributed by atoms with Crippen LogP contribution in [0.25, 0.3) is 0 Å². The van der Waals surface area contributed by atoms with Gasteiger partial charge in [0.1, 0.15) is 0 Å². The fourth-order valence-corrected chi connectivity index (χ4v) is 13.6. The maximum Gasteiger partial charge on any atom is 0.156 e. The van der Waals surface area contributed by atoms with Crippen LogP contribution in [0, 0.1) is 0 Å². The lowest BCUT2D eigenvalue weighted by atomic mass is 9.19. The molecule has 7 fully saturated rings. The van der Waals surface area contributed by atoms with E-state index in [0.29, 0.717) is 0 Å². The number of nitrogens with zero attached hydrogens (tertiary/aromatic N) is 2. The molecule has 45 heavy (non-hydrogen) atoms. The summed E-state index contributed by atoms with van der Waals surface area (Å²) in [6.07, 6.45) is 50.4. The van der Waals surface area contributed by atoms with Crippen molar-refractivity contribution in [3.05, 3.63) is 0 Å². The van der Waals surface area contributed by atoms with Crippen molar-refractivity contribution in [3.8, 4) is 0 Å². The first-order chi connectivity index (χ1) is 22.4. The molecule has 2 heterocycles. The van der Waals surface area contributed by atoms with Gasteiger partial charge in [-0.25, -0.2) is 0 Å². The minimum absolute atomic E-state index is 0.899. The molecular weight excluding hydrogens is 543 g/mol. The van der Waals surface area contributed by atoms with Crippen LogP contribution in [0.3, 0.4) is 0 Å². The van der Waals surface area contributed by atoms with E-state index in [1.807, 2.05) is 0 Å². The van der Waals surface area contributed by atoms with Crippen molar-refractivity contribution in [1.82, 2.24) is 9.80 Å². The molecule has 0 N–H and O–H groups in total. The molecule has 0 aromatic heterocycles. The Bertz CT molecular complexity index is 780. The van der Waals surface area contributed by atoms with E-state index >= 15 is 0 Å². The van der Waals surface area contributed by atoms with Gasteiger partial charge in [-0.3, -0.25) is 9.80 Å². The molecule has 6 unspecified atom stereocenters. The van der Waals surface area contributed by atoms with Crippen LogP contribution in [0.15, 0.2) is 0 Å². The fraction of sp³-hybridized carbons (Fsp3) is 1.00. The van der Waals surface area contributed by atoms with E-state index in [4.69, 9.17) is 0 Å². The van der Waals surface area contributed by atoms with Gasteiger partial charge in [-0.05, 0) is 68.8 Å². The van der Waals surface area contributed by atoms with Gasteiger partial charge < -0.3 is 0 Å². The van der Waals surface area contributed by atoms with Crippen LogP contribution in [-0.4, -0.2) is 52.8 Å². The highest BCUT2D eigenvalue weighted by atomic mass is 15.3. The molecule has 2 saturated heterocycles. The lowest BCUT2D eigenvalue weighted by molar-refractivity contribution is -0.0337. The van der Waals surface area contributed by atoms with Gasteiger partial charge in [0.25, 0.3) is 0 Å². The van der Waals surface area contributed by atoms with E-state index in [9.17, 15) is 0 Å². The monoisotopic (exact) mass is 619 g/mol. The summed E-state index contributed by atoms with van der Waals surface area (Å²) in [5.74, 6) is 2.99. The molecule has 3 heteroatoms. The molecule has 2 nitrogen and oxygen atoms in total. The summed E-state index contributed by atoms with van der Waals surface area (Å²) < 4.78 is 0. The highest BCUT2D eigenvalue weighted by Crippen LogP contribution is 2.60. The summed E-state index contributed by atoms with van der Waals surface area (Å²) >= 11 is 0. The Morgan fingerprint density at radius 1 is 0.267 bits per heavy atom. The standard InChI is InChI=1S/C42H75BN2/c1-5-14-24-34(25-15-6-1)44-38-30-20-11-3-9-18-28-36(38)43-37-29-19-10-4-12-21-31-39(37)45(35-26-16-7-2-8-17-27-35)41-33-23-13-22-32-40(44)42(41)43/h34-42H,1-33H2. The first-order valence-corrected chi connectivity index (χ1v) is 22.0. The summed E-state index contributed by atoms with van der Waals surface area (Å²) in [6.45, 7) is 1.04. The van der Waals surface area contributed by atoms with Crippen LogP contribution in [0.4, 0.5) is 0 Å². The fourth-order valence-electron chi connectivity index (χ4n) is 13.6. The second-order valence-electron chi connectivity index (χ2n) is 18.0. The van der Waals surface area contributed by atoms with Gasteiger partial charge in [0, 0.05) is 36.3 Å². The maximum atomic E-state index is 3.46. The number of rotatable bonds is 2. The van der Waals surface area contributed by atoms with Crippen molar-refractivity contribution in [2.45, 2.75) is 266 Å². The van der Waals surface area contributed by atoms with Gasteiger partial charge >= 0.3 is 0 Å². The van der Waals surface area contributed by atoms with Crippen LogP contribution >= 0.6 is 0 Å². The third-order valence-corrected chi connectivity index (χ3v) is 15.4. The molecule has 2 aliphatic heterocycles. The molecule has 0 bridgehead atoms. The normalized spacial score (nSPS) is 40.0. The summed E-state index contributed by atoms with van der Waals surface area (Å²) in [7, 11) is 0. The Hall–Kier alpha value is -0.0151. The van der Waals surface area contributed by atoms with Crippen molar-refractivity contribution in [2.75, 3.05) is 0 Å². The third kappa shape index (κ3) is 7.76. The Kier molecular flexibility index (Phi) is 12.7. The zero-order valence-electron chi connectivity index (χ0n) is 30.0.